The predicted molar refractivity (Wildman–Crippen MR) is 147 cm³/mol. The molecule has 2 unspecified atom stereocenters. The molecule has 2 aromatic carbocycles. The molecule has 2 atom stereocenters. The Labute approximate surface area is 216 Å². The van der Waals surface area contributed by atoms with Crippen molar-refractivity contribution in [3.63, 3.8) is 0 Å². The van der Waals surface area contributed by atoms with Crippen LogP contribution in [0.15, 0.2) is 85.2 Å². The average Bonchev–Trinajstić information content (AvgIpc) is 3.26. The van der Waals surface area contributed by atoms with Gasteiger partial charge in [-0.1, -0.05) is 87.5 Å². The molecule has 4 rings (SSSR count). The summed E-state index contributed by atoms with van der Waals surface area (Å²) >= 11 is 0. The molecule has 1 saturated heterocycles. The molecule has 0 spiro atoms. The standard InChI is InChI=1S/C30H38N2O3Si/c1-29(2,3)34-28(33)32-26(23-14-13-21-31-22-23)19-20-27(32)35-36(30(4,5)6,24-15-9-7-10-16-24)25-17-11-8-12-18-25/h7-18,21-22,26-27H,19-20H2,1-6H3. The first kappa shape index (κ1) is 26.1. The van der Waals surface area contributed by atoms with Crippen LogP contribution in [-0.4, -0.2) is 36.1 Å². The Morgan fingerprint density at radius 2 is 1.44 bits per heavy atom. The molecule has 1 aliphatic rings. The molecule has 3 aromatic rings. The minimum absolute atomic E-state index is 0.156. The van der Waals surface area contributed by atoms with Gasteiger partial charge in [0.15, 0.2) is 0 Å². The fourth-order valence-electron chi connectivity index (χ4n) is 5.25. The van der Waals surface area contributed by atoms with Crippen molar-refractivity contribution < 1.29 is 14.0 Å². The van der Waals surface area contributed by atoms with Crippen molar-refractivity contribution in [2.45, 2.75) is 77.3 Å². The van der Waals surface area contributed by atoms with E-state index in [-0.39, 0.29) is 17.2 Å². The highest BCUT2D eigenvalue weighted by molar-refractivity contribution is 6.99. The number of carbonyl (C=O) groups is 1. The topological polar surface area (TPSA) is 51.7 Å². The third kappa shape index (κ3) is 5.25. The number of hydrogen-bond acceptors (Lipinski definition) is 4. The first-order chi connectivity index (χ1) is 17.0. The van der Waals surface area contributed by atoms with Gasteiger partial charge in [0.05, 0.1) is 6.04 Å². The quantitative estimate of drug-likeness (QED) is 0.398. The molecule has 0 radical (unpaired) electrons. The molecule has 1 amide bonds. The molecular weight excluding hydrogens is 464 g/mol. The van der Waals surface area contributed by atoms with Crippen molar-refractivity contribution in [2.75, 3.05) is 0 Å². The first-order valence-corrected chi connectivity index (χ1v) is 14.6. The molecule has 6 heteroatoms. The summed E-state index contributed by atoms with van der Waals surface area (Å²) in [6.07, 6.45) is 4.34. The maximum Gasteiger partial charge on any atom is 0.412 e. The van der Waals surface area contributed by atoms with E-state index in [9.17, 15) is 4.79 Å². The number of amides is 1. The Morgan fingerprint density at radius 3 is 1.92 bits per heavy atom. The van der Waals surface area contributed by atoms with Gasteiger partial charge in [0.25, 0.3) is 8.32 Å². The molecule has 1 fully saturated rings. The summed E-state index contributed by atoms with van der Waals surface area (Å²) in [5.74, 6) is 0. The summed E-state index contributed by atoms with van der Waals surface area (Å²) in [5, 5.41) is 2.19. The second-order valence-electron chi connectivity index (χ2n) is 11.5. The zero-order chi connectivity index (χ0) is 26.0. The molecule has 1 aromatic heterocycles. The molecule has 5 nitrogen and oxygen atoms in total. The monoisotopic (exact) mass is 502 g/mol. The van der Waals surface area contributed by atoms with Crippen molar-refractivity contribution in [3.05, 3.63) is 90.8 Å². The predicted octanol–water partition coefficient (Wildman–Crippen LogP) is 6.06. The number of benzene rings is 2. The van der Waals surface area contributed by atoms with Crippen molar-refractivity contribution >= 4 is 24.8 Å². The van der Waals surface area contributed by atoms with Gasteiger partial charge in [0.1, 0.15) is 11.8 Å². The van der Waals surface area contributed by atoms with E-state index in [1.807, 2.05) is 56.1 Å². The van der Waals surface area contributed by atoms with Gasteiger partial charge in [-0.2, -0.15) is 0 Å². The number of nitrogens with zero attached hydrogens (tertiary/aromatic N) is 2. The van der Waals surface area contributed by atoms with Crippen molar-refractivity contribution in [1.82, 2.24) is 9.88 Å². The van der Waals surface area contributed by atoms with Crippen molar-refractivity contribution in [2.24, 2.45) is 0 Å². The third-order valence-electron chi connectivity index (χ3n) is 6.74. The second kappa shape index (κ2) is 10.2. The summed E-state index contributed by atoms with van der Waals surface area (Å²) in [6, 6.07) is 24.9. The number of aromatic nitrogens is 1. The maximum atomic E-state index is 13.7. The van der Waals surface area contributed by atoms with Gasteiger partial charge < -0.3 is 9.16 Å². The fraction of sp³-hybridized carbons (Fsp3) is 0.400. The lowest BCUT2D eigenvalue weighted by atomic mass is 10.1. The molecule has 0 aliphatic carbocycles. The summed E-state index contributed by atoms with van der Waals surface area (Å²) in [5.41, 5.74) is 0.387. The highest BCUT2D eigenvalue weighted by Crippen LogP contribution is 2.43. The van der Waals surface area contributed by atoms with E-state index in [2.05, 4.69) is 74.3 Å². The van der Waals surface area contributed by atoms with E-state index >= 15 is 0 Å². The first-order valence-electron chi connectivity index (χ1n) is 12.7. The summed E-state index contributed by atoms with van der Waals surface area (Å²) in [7, 11) is -2.86. The molecule has 0 N–H and O–H groups in total. The number of rotatable bonds is 5. The van der Waals surface area contributed by atoms with Crippen LogP contribution in [0.1, 0.15) is 66.0 Å². The molecular formula is C30H38N2O3Si. The number of ether oxygens (including phenoxy) is 1. The van der Waals surface area contributed by atoms with Crippen LogP contribution >= 0.6 is 0 Å². The largest absolute Gasteiger partial charge is 0.444 e. The van der Waals surface area contributed by atoms with Crippen LogP contribution in [0.2, 0.25) is 5.04 Å². The third-order valence-corrected chi connectivity index (χ3v) is 11.8. The van der Waals surface area contributed by atoms with Gasteiger partial charge >= 0.3 is 6.09 Å². The lowest BCUT2D eigenvalue weighted by Crippen LogP contribution is -2.68. The maximum absolute atomic E-state index is 13.7. The molecule has 190 valence electrons. The molecule has 2 heterocycles. The van der Waals surface area contributed by atoms with Crippen LogP contribution in [-0.2, 0) is 9.16 Å². The van der Waals surface area contributed by atoms with Crippen LogP contribution in [0, 0.1) is 0 Å². The van der Waals surface area contributed by atoms with Gasteiger partial charge in [-0.15, -0.1) is 0 Å². The van der Waals surface area contributed by atoms with Crippen molar-refractivity contribution in [1.29, 1.82) is 0 Å². The van der Waals surface area contributed by atoms with Gasteiger partial charge in [0, 0.05) is 12.4 Å². The Balaban J connectivity index is 1.83. The number of pyridine rings is 1. The van der Waals surface area contributed by atoms with Gasteiger partial charge in [-0.05, 0) is 60.7 Å². The van der Waals surface area contributed by atoms with E-state index in [0.717, 1.165) is 18.4 Å². The van der Waals surface area contributed by atoms with E-state index < -0.39 is 20.1 Å². The van der Waals surface area contributed by atoms with E-state index in [1.54, 1.807) is 6.20 Å². The Morgan fingerprint density at radius 1 is 0.861 bits per heavy atom. The smallest absolute Gasteiger partial charge is 0.412 e. The van der Waals surface area contributed by atoms with Crippen LogP contribution < -0.4 is 10.4 Å². The number of likely N-dealkylation sites (tertiary alicyclic amines) is 1. The van der Waals surface area contributed by atoms with Gasteiger partial charge in [-0.25, -0.2) is 4.79 Å². The zero-order valence-electron chi connectivity index (χ0n) is 22.3. The Hall–Kier alpha value is -2.96. The second-order valence-corrected chi connectivity index (χ2v) is 15.8. The lowest BCUT2D eigenvalue weighted by Gasteiger charge is -2.46. The lowest BCUT2D eigenvalue weighted by molar-refractivity contribution is -0.0193. The SMILES string of the molecule is CC(C)(C)OC(=O)N1C(O[Si](c2ccccc2)(c2ccccc2)C(C)(C)C)CCC1c1cccnc1. The van der Waals surface area contributed by atoms with Crippen LogP contribution in [0.25, 0.3) is 0 Å². The highest BCUT2D eigenvalue weighted by atomic mass is 28.4. The van der Waals surface area contributed by atoms with E-state index in [0.29, 0.717) is 0 Å². The molecule has 0 saturated carbocycles. The van der Waals surface area contributed by atoms with Crippen LogP contribution in [0.3, 0.4) is 0 Å². The van der Waals surface area contributed by atoms with E-state index in [1.165, 1.54) is 10.4 Å². The average molecular weight is 503 g/mol. The molecule has 0 bridgehead atoms. The fourth-order valence-corrected chi connectivity index (χ4v) is 9.90. The Bertz CT molecular complexity index is 1100. The minimum Gasteiger partial charge on any atom is -0.444 e. The zero-order valence-corrected chi connectivity index (χ0v) is 23.3. The van der Waals surface area contributed by atoms with Gasteiger partial charge in [-0.3, -0.25) is 9.88 Å². The summed E-state index contributed by atoms with van der Waals surface area (Å²) in [4.78, 5) is 19.8. The summed E-state index contributed by atoms with van der Waals surface area (Å²) < 4.78 is 13.3. The Kier molecular flexibility index (Phi) is 7.39. The molecule has 36 heavy (non-hydrogen) atoms. The minimum atomic E-state index is -2.86. The van der Waals surface area contributed by atoms with Crippen LogP contribution in [0.5, 0.6) is 0 Å². The van der Waals surface area contributed by atoms with Gasteiger partial charge in [0.2, 0.25) is 0 Å². The van der Waals surface area contributed by atoms with E-state index in [4.69, 9.17) is 9.16 Å². The summed E-state index contributed by atoms with van der Waals surface area (Å²) in [6.45, 7) is 12.5. The molecule has 1 aliphatic heterocycles. The normalized spacial score (nSPS) is 18.8. The van der Waals surface area contributed by atoms with Crippen molar-refractivity contribution in [3.8, 4) is 0 Å². The number of hydrogen-bond donors (Lipinski definition) is 0. The number of carbonyl (C=O) groups excluding carboxylic acids is 1. The highest BCUT2D eigenvalue weighted by Gasteiger charge is 2.54. The van der Waals surface area contributed by atoms with Crippen LogP contribution in [0.4, 0.5) is 4.79 Å².